The molecule has 2 aliphatic carbocycles. The molecule has 3 fully saturated rings. The van der Waals surface area contributed by atoms with Crippen LogP contribution in [0.25, 0.3) is 6.08 Å². The van der Waals surface area contributed by atoms with Gasteiger partial charge in [0.2, 0.25) is 23.6 Å². The molecule has 0 bridgehead atoms. The van der Waals surface area contributed by atoms with E-state index >= 15 is 4.79 Å². The Hall–Kier alpha value is -5.22. The van der Waals surface area contributed by atoms with Gasteiger partial charge in [-0.2, -0.15) is 4.90 Å². The van der Waals surface area contributed by atoms with E-state index in [1.54, 1.807) is 42.5 Å². The normalized spacial score (nSPS) is 27.9. The molecule has 6 atom stereocenters. The van der Waals surface area contributed by atoms with E-state index in [0.29, 0.717) is 26.7 Å². The summed E-state index contributed by atoms with van der Waals surface area (Å²) in [6.45, 7) is 0. The van der Waals surface area contributed by atoms with Crippen LogP contribution in [0, 0.1) is 29.6 Å². The van der Waals surface area contributed by atoms with E-state index in [-0.39, 0.29) is 24.3 Å². The number of imide groups is 4. The average Bonchev–Trinajstić information content (AvgIpc) is 3.49. The predicted octanol–water partition coefficient (Wildman–Crippen LogP) is 5.53. The largest absolute Gasteiger partial charge is 0.504 e. The SMILES string of the molecule is COC(=O)N1C(=O)[C@H]2[C@H](CC=C3[C@H]2C[C@H]2C(=O)N(c4cccc(Cl)c4)C(=O)[C@@]2(c2ccccc2)[C@H]3C=Cc2ccc(O)c(OC)c2)C1=O. The van der Waals surface area contributed by atoms with Gasteiger partial charge < -0.3 is 14.6 Å². The fourth-order valence-corrected chi connectivity index (χ4v) is 8.45. The summed E-state index contributed by atoms with van der Waals surface area (Å²) in [7, 11) is 2.55. The van der Waals surface area contributed by atoms with Gasteiger partial charge in [-0.3, -0.25) is 19.2 Å². The molecule has 0 radical (unpaired) electrons. The lowest BCUT2D eigenvalue weighted by atomic mass is 9.50. The van der Waals surface area contributed by atoms with E-state index in [9.17, 15) is 24.3 Å². The number of halogens is 1. The van der Waals surface area contributed by atoms with Gasteiger partial charge in [0.25, 0.3) is 0 Å². The van der Waals surface area contributed by atoms with Crippen LogP contribution in [0.4, 0.5) is 10.5 Å². The number of rotatable bonds is 5. The molecule has 5 amide bonds. The Kier molecular flexibility index (Phi) is 7.71. The van der Waals surface area contributed by atoms with E-state index in [1.165, 1.54) is 18.1 Å². The number of hydrogen-bond donors (Lipinski definition) is 1. The molecule has 0 unspecified atom stereocenters. The molecule has 0 aromatic heterocycles. The number of phenols is 1. The third-order valence-electron chi connectivity index (χ3n) is 10.3. The van der Waals surface area contributed by atoms with Crippen LogP contribution in [0.2, 0.25) is 5.02 Å². The maximum atomic E-state index is 15.1. The lowest BCUT2D eigenvalue weighted by molar-refractivity contribution is -0.138. The quantitative estimate of drug-likeness (QED) is 0.278. The summed E-state index contributed by atoms with van der Waals surface area (Å²) in [4.78, 5) is 71.3. The number of phenolic OH excluding ortho intramolecular Hbond substituents is 1. The van der Waals surface area contributed by atoms with E-state index in [0.717, 1.165) is 12.7 Å². The Morgan fingerprint density at radius 2 is 1.71 bits per heavy atom. The maximum absolute atomic E-state index is 15.1. The van der Waals surface area contributed by atoms with Gasteiger partial charge in [-0.05, 0) is 60.2 Å². The molecule has 48 heavy (non-hydrogen) atoms. The summed E-state index contributed by atoms with van der Waals surface area (Å²) in [6.07, 6.45) is 4.76. The van der Waals surface area contributed by atoms with E-state index in [2.05, 4.69) is 0 Å². The number of likely N-dealkylation sites (tertiary alicyclic amines) is 1. The molecular weight excluding hydrogens is 636 g/mol. The van der Waals surface area contributed by atoms with Crippen LogP contribution < -0.4 is 9.64 Å². The number of fused-ring (bicyclic) bond motifs is 4. The molecule has 2 aliphatic heterocycles. The first kappa shape index (κ1) is 31.4. The zero-order chi connectivity index (χ0) is 33.9. The van der Waals surface area contributed by atoms with Crippen molar-refractivity contribution < 1.29 is 38.6 Å². The zero-order valence-corrected chi connectivity index (χ0v) is 26.8. The first-order valence-corrected chi connectivity index (χ1v) is 15.9. The predicted molar refractivity (Wildman–Crippen MR) is 175 cm³/mol. The topological polar surface area (TPSA) is 131 Å². The molecular formula is C37H31ClN2O8. The standard InChI is InChI=1S/C37H31ClN2O8/c1-47-30-17-20(12-16-29(30)41)11-15-27-24-13-14-25-31(34(44)40(32(25)42)36(46)48-2)26(24)19-28-33(43)39(23-10-6-9-22(38)18-23)35(45)37(27,28)21-7-4-3-5-8-21/h3-13,15-18,25-28,31,41H,14,19H2,1-2H3/t25-,26+,27-,28-,31-,37-/m0/s1. The van der Waals surface area contributed by atoms with Crippen LogP contribution in [-0.2, 0) is 29.3 Å². The van der Waals surface area contributed by atoms with E-state index in [1.807, 2.05) is 42.5 Å². The van der Waals surface area contributed by atoms with Crippen molar-refractivity contribution in [3.63, 3.8) is 0 Å². The second-order valence-corrected chi connectivity index (χ2v) is 12.8. The number of methoxy groups -OCH3 is 2. The molecule has 1 saturated carbocycles. The molecule has 11 heteroatoms. The third kappa shape index (κ3) is 4.50. The number of benzene rings is 3. The second-order valence-electron chi connectivity index (χ2n) is 12.4. The molecule has 7 rings (SSSR count). The number of nitrogens with zero attached hydrogens (tertiary/aromatic N) is 2. The van der Waals surface area contributed by atoms with Gasteiger partial charge in [0.1, 0.15) is 0 Å². The van der Waals surface area contributed by atoms with Crippen molar-refractivity contribution in [2.24, 2.45) is 29.6 Å². The summed E-state index contributed by atoms with van der Waals surface area (Å²) >= 11 is 6.34. The fraction of sp³-hybridized carbons (Fsp3) is 0.270. The number of aromatic hydroxyl groups is 1. The Bertz CT molecular complexity index is 1940. The minimum Gasteiger partial charge on any atom is -0.504 e. The number of anilines is 1. The minimum absolute atomic E-state index is 0.0393. The molecule has 2 saturated heterocycles. The van der Waals surface area contributed by atoms with Crippen LogP contribution in [-0.4, -0.2) is 53.9 Å². The number of ether oxygens (including phenoxy) is 2. The van der Waals surface area contributed by atoms with Crippen molar-refractivity contribution in [1.82, 2.24) is 4.90 Å². The zero-order valence-electron chi connectivity index (χ0n) is 26.0. The molecule has 1 N–H and O–H groups in total. The van der Waals surface area contributed by atoms with Gasteiger partial charge in [0.05, 0.1) is 43.1 Å². The monoisotopic (exact) mass is 666 g/mol. The summed E-state index contributed by atoms with van der Waals surface area (Å²) in [6, 6.07) is 20.5. The fourth-order valence-electron chi connectivity index (χ4n) is 8.27. The Morgan fingerprint density at radius 3 is 2.42 bits per heavy atom. The Balaban J connectivity index is 1.45. The highest BCUT2D eigenvalue weighted by atomic mass is 35.5. The van der Waals surface area contributed by atoms with Gasteiger partial charge in [0, 0.05) is 10.9 Å². The highest BCUT2D eigenvalue weighted by Gasteiger charge is 2.69. The number of hydrogen-bond acceptors (Lipinski definition) is 8. The molecule has 10 nitrogen and oxygen atoms in total. The molecule has 244 valence electrons. The number of carbonyl (C=O) groups is 5. The molecule has 0 spiro atoms. The van der Waals surface area contributed by atoms with Gasteiger partial charge >= 0.3 is 6.09 Å². The van der Waals surface area contributed by atoms with Crippen LogP contribution in [0.5, 0.6) is 11.5 Å². The van der Waals surface area contributed by atoms with Crippen LogP contribution in [0.1, 0.15) is 24.0 Å². The summed E-state index contributed by atoms with van der Waals surface area (Å²) in [5.74, 6) is -6.01. The average molecular weight is 667 g/mol. The van der Waals surface area contributed by atoms with Crippen molar-refractivity contribution in [2.75, 3.05) is 19.1 Å². The number of amides is 5. The van der Waals surface area contributed by atoms with Gasteiger partial charge in [-0.15, -0.1) is 0 Å². The molecule has 3 aromatic rings. The third-order valence-corrected chi connectivity index (χ3v) is 10.5. The van der Waals surface area contributed by atoms with Crippen molar-refractivity contribution in [1.29, 1.82) is 0 Å². The molecule has 3 aromatic carbocycles. The summed E-state index contributed by atoms with van der Waals surface area (Å²) in [5.41, 5.74) is 0.920. The Labute approximate surface area is 281 Å². The van der Waals surface area contributed by atoms with Crippen LogP contribution in [0.3, 0.4) is 0 Å². The van der Waals surface area contributed by atoms with Gasteiger partial charge in [-0.25, -0.2) is 9.69 Å². The summed E-state index contributed by atoms with van der Waals surface area (Å²) in [5, 5.41) is 10.6. The highest BCUT2D eigenvalue weighted by molar-refractivity contribution is 6.32. The van der Waals surface area contributed by atoms with Crippen molar-refractivity contribution in [3.8, 4) is 11.5 Å². The number of allylic oxidation sites excluding steroid dienone is 3. The van der Waals surface area contributed by atoms with Crippen LogP contribution in [0.15, 0.2) is 90.5 Å². The van der Waals surface area contributed by atoms with Gasteiger partial charge in [-0.1, -0.05) is 77.9 Å². The van der Waals surface area contributed by atoms with Gasteiger partial charge in [0.15, 0.2) is 11.5 Å². The minimum atomic E-state index is -1.43. The lowest BCUT2D eigenvalue weighted by Crippen LogP contribution is -2.54. The van der Waals surface area contributed by atoms with Crippen molar-refractivity contribution >= 4 is 53.1 Å². The molecule has 2 heterocycles. The van der Waals surface area contributed by atoms with Crippen LogP contribution >= 0.6 is 11.6 Å². The smallest absolute Gasteiger partial charge is 0.423 e. The van der Waals surface area contributed by atoms with Crippen molar-refractivity contribution in [2.45, 2.75) is 18.3 Å². The Morgan fingerprint density at radius 1 is 0.938 bits per heavy atom. The highest BCUT2D eigenvalue weighted by Crippen LogP contribution is 2.62. The van der Waals surface area contributed by atoms with Crippen molar-refractivity contribution in [3.05, 3.63) is 107 Å². The first-order valence-electron chi connectivity index (χ1n) is 15.5. The molecule has 4 aliphatic rings. The van der Waals surface area contributed by atoms with E-state index in [4.69, 9.17) is 21.1 Å². The first-order chi connectivity index (χ1) is 23.1. The second kappa shape index (κ2) is 11.8. The summed E-state index contributed by atoms with van der Waals surface area (Å²) < 4.78 is 10.1. The number of carbonyl (C=O) groups excluding carboxylic acids is 5. The maximum Gasteiger partial charge on any atom is 0.423 e. The lowest BCUT2D eigenvalue weighted by Gasteiger charge is -2.49. The van der Waals surface area contributed by atoms with E-state index < -0.39 is 64.7 Å².